The van der Waals surface area contributed by atoms with E-state index in [9.17, 15) is 4.79 Å². The summed E-state index contributed by atoms with van der Waals surface area (Å²) in [6.07, 6.45) is 5.70. The van der Waals surface area contributed by atoms with Crippen LogP contribution in [0, 0.1) is 0 Å². The van der Waals surface area contributed by atoms with Crippen LogP contribution in [0.4, 0.5) is 0 Å². The maximum atomic E-state index is 12.3. The largest absolute Gasteiger partial charge is 0.364 e. The molecule has 1 aromatic heterocycles. The number of nitrogens with zero attached hydrogens (tertiary/aromatic N) is 3. The number of nitrogens with two attached hydrogens (primary N) is 1. The molecule has 0 spiro atoms. The molecule has 2 aliphatic heterocycles. The maximum Gasteiger partial charge on any atom is 0.249 e. The summed E-state index contributed by atoms with van der Waals surface area (Å²) >= 11 is 0. The smallest absolute Gasteiger partial charge is 0.249 e. The van der Waals surface area contributed by atoms with Crippen LogP contribution in [0.1, 0.15) is 56.7 Å². The average molecular weight is 380 g/mol. The zero-order valence-corrected chi connectivity index (χ0v) is 15.6. The molecule has 24 heavy (non-hydrogen) atoms. The molecule has 0 aromatic carbocycles. The van der Waals surface area contributed by atoms with Gasteiger partial charge in [0.1, 0.15) is 11.9 Å². The SMILES string of the molecule is C[C@@H](NC(=O)[C@@H]1CC[C@H](CN)O1)c1nnc2n1CCCCC2.Cl.Cl. The van der Waals surface area contributed by atoms with Gasteiger partial charge in [0, 0.05) is 19.5 Å². The van der Waals surface area contributed by atoms with E-state index in [-0.39, 0.29) is 49.0 Å². The molecular weight excluding hydrogens is 353 g/mol. The van der Waals surface area contributed by atoms with Crippen molar-refractivity contribution in [1.29, 1.82) is 0 Å². The Bertz CT molecular complexity index is 540. The Labute approximate surface area is 154 Å². The molecule has 0 aliphatic carbocycles. The highest BCUT2D eigenvalue weighted by atomic mass is 35.5. The van der Waals surface area contributed by atoms with Crippen molar-refractivity contribution in [2.75, 3.05) is 6.54 Å². The first-order chi connectivity index (χ1) is 10.7. The van der Waals surface area contributed by atoms with Crippen molar-refractivity contribution in [2.24, 2.45) is 5.73 Å². The lowest BCUT2D eigenvalue weighted by Gasteiger charge is -2.18. The second-order valence-corrected chi connectivity index (χ2v) is 6.23. The second-order valence-electron chi connectivity index (χ2n) is 6.23. The Morgan fingerprint density at radius 3 is 2.83 bits per heavy atom. The molecule has 1 aromatic rings. The lowest BCUT2D eigenvalue weighted by molar-refractivity contribution is -0.132. The topological polar surface area (TPSA) is 95.1 Å². The Kier molecular flexibility index (Phi) is 8.42. The number of carbonyl (C=O) groups excluding carboxylic acids is 1. The molecule has 3 N–H and O–H groups in total. The van der Waals surface area contributed by atoms with E-state index in [1.165, 1.54) is 6.42 Å². The highest BCUT2D eigenvalue weighted by Gasteiger charge is 2.31. The van der Waals surface area contributed by atoms with Crippen molar-refractivity contribution in [2.45, 2.75) is 70.2 Å². The van der Waals surface area contributed by atoms with Gasteiger partial charge in [-0.25, -0.2) is 0 Å². The van der Waals surface area contributed by atoms with E-state index in [1.54, 1.807) is 0 Å². The van der Waals surface area contributed by atoms with Crippen molar-refractivity contribution in [3.63, 3.8) is 0 Å². The quantitative estimate of drug-likeness (QED) is 0.826. The van der Waals surface area contributed by atoms with Gasteiger partial charge in [-0.3, -0.25) is 4.79 Å². The predicted molar refractivity (Wildman–Crippen MR) is 95.6 cm³/mol. The Morgan fingerprint density at radius 1 is 1.33 bits per heavy atom. The molecule has 138 valence electrons. The van der Waals surface area contributed by atoms with Gasteiger partial charge in [-0.1, -0.05) is 6.42 Å². The minimum Gasteiger partial charge on any atom is -0.364 e. The van der Waals surface area contributed by atoms with Crippen molar-refractivity contribution >= 4 is 30.7 Å². The summed E-state index contributed by atoms with van der Waals surface area (Å²) in [7, 11) is 0. The number of hydrogen-bond donors (Lipinski definition) is 2. The van der Waals surface area contributed by atoms with Crippen molar-refractivity contribution in [1.82, 2.24) is 20.1 Å². The second kappa shape index (κ2) is 9.56. The van der Waals surface area contributed by atoms with Gasteiger partial charge in [-0.05, 0) is 32.6 Å². The first-order valence-electron chi connectivity index (χ1n) is 8.27. The minimum absolute atomic E-state index is 0. The van der Waals surface area contributed by atoms with Gasteiger partial charge in [0.2, 0.25) is 5.91 Å². The normalized spacial score (nSPS) is 24.1. The summed E-state index contributed by atoms with van der Waals surface area (Å²) in [5.41, 5.74) is 5.59. The molecule has 0 bridgehead atoms. The van der Waals surface area contributed by atoms with Crippen LogP contribution in [0.25, 0.3) is 0 Å². The number of carbonyl (C=O) groups is 1. The summed E-state index contributed by atoms with van der Waals surface area (Å²) in [6.45, 7) is 3.36. The average Bonchev–Trinajstić information content (AvgIpc) is 3.09. The highest BCUT2D eigenvalue weighted by molar-refractivity contribution is 5.85. The van der Waals surface area contributed by atoms with Crippen LogP contribution in [0.2, 0.25) is 0 Å². The first kappa shape index (κ1) is 21.2. The predicted octanol–water partition coefficient (Wildman–Crippen LogP) is 1.53. The third-order valence-corrected chi connectivity index (χ3v) is 4.55. The number of rotatable bonds is 4. The number of halogens is 2. The van der Waals surface area contributed by atoms with Crippen LogP contribution < -0.4 is 11.1 Å². The van der Waals surface area contributed by atoms with E-state index >= 15 is 0 Å². The summed E-state index contributed by atoms with van der Waals surface area (Å²) in [6, 6.07) is -0.160. The molecule has 1 fully saturated rings. The number of hydrogen-bond acceptors (Lipinski definition) is 5. The first-order valence-corrected chi connectivity index (χ1v) is 8.27. The monoisotopic (exact) mass is 379 g/mol. The fourth-order valence-corrected chi connectivity index (χ4v) is 3.27. The molecule has 3 heterocycles. The van der Waals surface area contributed by atoms with Crippen LogP contribution >= 0.6 is 24.8 Å². The summed E-state index contributed by atoms with van der Waals surface area (Å²) in [4.78, 5) is 12.3. The molecule has 0 saturated carbocycles. The van der Waals surface area contributed by atoms with E-state index in [2.05, 4.69) is 20.1 Å². The molecule has 7 nitrogen and oxygen atoms in total. The third-order valence-electron chi connectivity index (χ3n) is 4.55. The van der Waals surface area contributed by atoms with Gasteiger partial charge in [0.05, 0.1) is 12.1 Å². The van der Waals surface area contributed by atoms with Crippen molar-refractivity contribution in [3.8, 4) is 0 Å². The zero-order valence-electron chi connectivity index (χ0n) is 13.9. The third kappa shape index (κ3) is 4.59. The van der Waals surface area contributed by atoms with Gasteiger partial charge in [-0.15, -0.1) is 35.0 Å². The van der Waals surface area contributed by atoms with Gasteiger partial charge >= 0.3 is 0 Å². The van der Waals surface area contributed by atoms with Crippen LogP contribution in [0.3, 0.4) is 0 Å². The molecule has 1 amide bonds. The summed E-state index contributed by atoms with van der Waals surface area (Å²) < 4.78 is 7.81. The molecule has 3 atom stereocenters. The number of fused-ring (bicyclic) bond motifs is 1. The molecular formula is C15H27Cl2N5O2. The fourth-order valence-electron chi connectivity index (χ4n) is 3.27. The molecule has 3 rings (SSSR count). The van der Waals surface area contributed by atoms with Crippen molar-refractivity contribution < 1.29 is 9.53 Å². The molecule has 0 unspecified atom stereocenters. The number of aryl methyl sites for hydroxylation is 1. The maximum absolute atomic E-state index is 12.3. The molecule has 0 radical (unpaired) electrons. The lowest BCUT2D eigenvalue weighted by Crippen LogP contribution is -2.37. The summed E-state index contributed by atoms with van der Waals surface area (Å²) in [5, 5.41) is 11.6. The van der Waals surface area contributed by atoms with Crippen LogP contribution in [0.15, 0.2) is 0 Å². The number of ether oxygens (including phenoxy) is 1. The van der Waals surface area contributed by atoms with Gasteiger partial charge in [-0.2, -0.15) is 0 Å². The van der Waals surface area contributed by atoms with Gasteiger partial charge < -0.3 is 20.4 Å². The van der Waals surface area contributed by atoms with Crippen LogP contribution in [-0.2, 0) is 22.5 Å². The van der Waals surface area contributed by atoms with E-state index in [1.807, 2.05) is 6.92 Å². The number of nitrogens with one attached hydrogen (secondary N) is 1. The van der Waals surface area contributed by atoms with Gasteiger partial charge in [0.25, 0.3) is 0 Å². The van der Waals surface area contributed by atoms with E-state index in [0.717, 1.165) is 50.3 Å². The lowest BCUT2D eigenvalue weighted by atomic mass is 10.2. The standard InChI is InChI=1S/C15H25N5O2.2ClH/c1-10(17-15(21)12-7-6-11(9-16)22-12)14-19-18-13-5-3-2-4-8-20(13)14;;/h10-12H,2-9,16H2,1H3,(H,17,21);2*1H/t10-,11-,12+;;/m1../s1. The van der Waals surface area contributed by atoms with Crippen LogP contribution in [0.5, 0.6) is 0 Å². The molecule has 9 heteroatoms. The summed E-state index contributed by atoms with van der Waals surface area (Å²) in [5.74, 6) is 1.81. The Hall–Kier alpha value is -0.890. The Morgan fingerprint density at radius 2 is 2.12 bits per heavy atom. The number of amides is 1. The molecule has 1 saturated heterocycles. The van der Waals surface area contributed by atoms with Crippen LogP contribution in [-0.4, -0.2) is 39.4 Å². The fraction of sp³-hybridized carbons (Fsp3) is 0.800. The highest BCUT2D eigenvalue weighted by Crippen LogP contribution is 2.21. The molecule has 2 aliphatic rings. The van der Waals surface area contributed by atoms with Gasteiger partial charge in [0.15, 0.2) is 5.82 Å². The van der Waals surface area contributed by atoms with Crippen molar-refractivity contribution in [3.05, 3.63) is 11.6 Å². The Balaban J connectivity index is 0.00000144. The zero-order chi connectivity index (χ0) is 15.5. The van der Waals surface area contributed by atoms with E-state index in [0.29, 0.717) is 6.54 Å². The van der Waals surface area contributed by atoms with E-state index in [4.69, 9.17) is 10.5 Å². The van der Waals surface area contributed by atoms with E-state index < -0.39 is 0 Å². The minimum atomic E-state index is -0.387. The number of aromatic nitrogens is 3.